The number of nitrogens with zero attached hydrogens (tertiary/aromatic N) is 1. The van der Waals surface area contributed by atoms with Gasteiger partial charge in [-0.2, -0.15) is 0 Å². The van der Waals surface area contributed by atoms with Crippen molar-refractivity contribution in [1.29, 1.82) is 0 Å². The summed E-state index contributed by atoms with van der Waals surface area (Å²) in [5.41, 5.74) is 1.59. The van der Waals surface area contributed by atoms with Gasteiger partial charge in [-0.15, -0.1) is 0 Å². The smallest absolute Gasteiger partial charge is 0.220 e. The molecule has 1 heterocycles. The van der Waals surface area contributed by atoms with Crippen molar-refractivity contribution < 1.29 is 9.90 Å². The molecule has 2 aromatic rings. The lowest BCUT2D eigenvalue weighted by molar-refractivity contribution is -0.121. The topological polar surface area (TPSA) is 62.2 Å². The normalized spacial score (nSPS) is 12.0. The first-order valence-corrected chi connectivity index (χ1v) is 7.60. The van der Waals surface area contributed by atoms with Crippen LogP contribution in [-0.4, -0.2) is 22.5 Å². The Morgan fingerprint density at radius 2 is 1.95 bits per heavy atom. The Morgan fingerprint density at radius 3 is 2.64 bits per heavy atom. The van der Waals surface area contributed by atoms with E-state index in [4.69, 9.17) is 23.2 Å². The number of aliphatic hydroxyl groups is 1. The van der Waals surface area contributed by atoms with Gasteiger partial charge in [-0.1, -0.05) is 29.3 Å². The molecule has 1 unspecified atom stereocenters. The lowest BCUT2D eigenvalue weighted by Crippen LogP contribution is -2.28. The van der Waals surface area contributed by atoms with Crippen LogP contribution in [0.2, 0.25) is 10.0 Å². The van der Waals surface area contributed by atoms with Crippen molar-refractivity contribution in [3.63, 3.8) is 0 Å². The molecule has 6 heteroatoms. The van der Waals surface area contributed by atoms with Crippen LogP contribution in [0.1, 0.15) is 23.7 Å². The number of carbonyl (C=O) groups is 1. The van der Waals surface area contributed by atoms with Gasteiger partial charge in [0.05, 0.1) is 6.10 Å². The minimum Gasteiger partial charge on any atom is -0.387 e. The van der Waals surface area contributed by atoms with Crippen LogP contribution in [0.4, 0.5) is 0 Å². The number of pyridine rings is 1. The molecule has 2 N–H and O–H groups in total. The monoisotopic (exact) mass is 338 g/mol. The van der Waals surface area contributed by atoms with Crippen LogP contribution >= 0.6 is 23.2 Å². The molecular weight excluding hydrogens is 323 g/mol. The standard InChI is InChI=1S/C16H16Cl2N2O2/c17-12-2-3-13(14(18)9-12)15(21)10-20-16(22)4-1-11-5-7-19-8-6-11/h2-3,5-9,15,21H,1,4,10H2,(H,20,22). The number of aryl methyl sites for hydroxylation is 1. The van der Waals surface area contributed by atoms with Crippen molar-refractivity contribution in [2.24, 2.45) is 0 Å². The average Bonchev–Trinajstić information content (AvgIpc) is 2.51. The van der Waals surface area contributed by atoms with Crippen molar-refractivity contribution >= 4 is 29.1 Å². The predicted molar refractivity (Wildman–Crippen MR) is 87.0 cm³/mol. The second-order valence-electron chi connectivity index (χ2n) is 4.84. The highest BCUT2D eigenvalue weighted by molar-refractivity contribution is 6.35. The zero-order chi connectivity index (χ0) is 15.9. The zero-order valence-corrected chi connectivity index (χ0v) is 13.3. The van der Waals surface area contributed by atoms with Gasteiger partial charge >= 0.3 is 0 Å². The summed E-state index contributed by atoms with van der Waals surface area (Å²) in [7, 11) is 0. The molecule has 1 atom stereocenters. The van der Waals surface area contributed by atoms with Crippen molar-refractivity contribution in [3.05, 3.63) is 63.9 Å². The molecule has 0 spiro atoms. The van der Waals surface area contributed by atoms with Crippen LogP contribution in [-0.2, 0) is 11.2 Å². The van der Waals surface area contributed by atoms with Crippen molar-refractivity contribution in [2.75, 3.05) is 6.54 Å². The molecule has 0 saturated carbocycles. The largest absolute Gasteiger partial charge is 0.387 e. The number of hydrogen-bond acceptors (Lipinski definition) is 3. The quantitative estimate of drug-likeness (QED) is 0.850. The van der Waals surface area contributed by atoms with Gasteiger partial charge in [0, 0.05) is 41.0 Å². The molecule has 0 fully saturated rings. The summed E-state index contributed by atoms with van der Waals surface area (Å²) in [5.74, 6) is -0.124. The number of carbonyl (C=O) groups excluding carboxylic acids is 1. The zero-order valence-electron chi connectivity index (χ0n) is 11.8. The Bertz CT molecular complexity index is 635. The molecule has 0 bridgehead atoms. The van der Waals surface area contributed by atoms with Crippen molar-refractivity contribution in [2.45, 2.75) is 18.9 Å². The van der Waals surface area contributed by atoms with E-state index >= 15 is 0 Å². The predicted octanol–water partition coefficient (Wildman–Crippen LogP) is 3.17. The van der Waals surface area contributed by atoms with Gasteiger partial charge in [0.25, 0.3) is 0 Å². The van der Waals surface area contributed by atoms with E-state index in [2.05, 4.69) is 10.3 Å². The van der Waals surface area contributed by atoms with E-state index < -0.39 is 6.10 Å². The molecule has 0 saturated heterocycles. The van der Waals surface area contributed by atoms with E-state index in [1.165, 1.54) is 0 Å². The van der Waals surface area contributed by atoms with Gasteiger partial charge in [-0.05, 0) is 36.2 Å². The first kappa shape index (κ1) is 16.7. The maximum atomic E-state index is 11.8. The number of nitrogens with one attached hydrogen (secondary N) is 1. The van der Waals surface area contributed by atoms with Crippen molar-refractivity contribution in [1.82, 2.24) is 10.3 Å². The maximum absolute atomic E-state index is 11.8. The van der Waals surface area contributed by atoms with Gasteiger partial charge in [0.1, 0.15) is 0 Å². The van der Waals surface area contributed by atoms with Gasteiger partial charge in [-0.25, -0.2) is 0 Å². The molecule has 0 aliphatic heterocycles. The average molecular weight is 339 g/mol. The van der Waals surface area contributed by atoms with E-state index in [9.17, 15) is 9.90 Å². The number of benzene rings is 1. The minimum absolute atomic E-state index is 0.108. The van der Waals surface area contributed by atoms with E-state index in [0.717, 1.165) is 5.56 Å². The fourth-order valence-electron chi connectivity index (χ4n) is 1.99. The lowest BCUT2D eigenvalue weighted by Gasteiger charge is -2.14. The summed E-state index contributed by atoms with van der Waals surface area (Å²) < 4.78 is 0. The van der Waals surface area contributed by atoms with Crippen molar-refractivity contribution in [3.8, 4) is 0 Å². The molecule has 0 aliphatic rings. The second kappa shape index (κ2) is 8.13. The fourth-order valence-corrected chi connectivity index (χ4v) is 2.52. The van der Waals surface area contributed by atoms with Gasteiger partial charge in [0.15, 0.2) is 0 Å². The van der Waals surface area contributed by atoms with Gasteiger partial charge in [0.2, 0.25) is 5.91 Å². The number of amides is 1. The molecule has 1 aromatic heterocycles. The van der Waals surface area contributed by atoms with Crippen LogP contribution in [0.15, 0.2) is 42.7 Å². The molecule has 1 aromatic carbocycles. The van der Waals surface area contributed by atoms with E-state index in [0.29, 0.717) is 28.5 Å². The van der Waals surface area contributed by atoms with E-state index in [1.54, 1.807) is 30.6 Å². The first-order chi connectivity index (χ1) is 10.6. The van der Waals surface area contributed by atoms with Gasteiger partial charge < -0.3 is 10.4 Å². The minimum atomic E-state index is -0.866. The van der Waals surface area contributed by atoms with E-state index in [1.807, 2.05) is 12.1 Å². The highest BCUT2D eigenvalue weighted by Gasteiger charge is 2.13. The van der Waals surface area contributed by atoms with Crippen LogP contribution in [0.3, 0.4) is 0 Å². The van der Waals surface area contributed by atoms with Crippen LogP contribution in [0, 0.1) is 0 Å². The first-order valence-electron chi connectivity index (χ1n) is 6.85. The number of hydrogen-bond donors (Lipinski definition) is 2. The van der Waals surface area contributed by atoms with Gasteiger partial charge in [-0.3, -0.25) is 9.78 Å². The Labute approximate surface area is 139 Å². The Morgan fingerprint density at radius 1 is 1.23 bits per heavy atom. The summed E-state index contributed by atoms with van der Waals surface area (Å²) in [4.78, 5) is 15.7. The molecular formula is C16H16Cl2N2O2. The molecule has 4 nitrogen and oxygen atoms in total. The summed E-state index contributed by atoms with van der Waals surface area (Å²) in [5, 5.41) is 13.7. The summed E-state index contributed by atoms with van der Waals surface area (Å²) in [6.45, 7) is 0.108. The fraction of sp³-hybridized carbons (Fsp3) is 0.250. The third kappa shape index (κ3) is 4.98. The maximum Gasteiger partial charge on any atom is 0.220 e. The highest BCUT2D eigenvalue weighted by Crippen LogP contribution is 2.25. The lowest BCUT2D eigenvalue weighted by atomic mass is 10.1. The number of aliphatic hydroxyl groups excluding tert-OH is 1. The summed E-state index contributed by atoms with van der Waals surface area (Å²) in [6, 6.07) is 8.61. The summed E-state index contributed by atoms with van der Waals surface area (Å²) >= 11 is 11.8. The number of aromatic nitrogens is 1. The number of rotatable bonds is 6. The molecule has 22 heavy (non-hydrogen) atoms. The second-order valence-corrected chi connectivity index (χ2v) is 5.68. The van der Waals surface area contributed by atoms with E-state index in [-0.39, 0.29) is 12.5 Å². The molecule has 1 amide bonds. The third-order valence-corrected chi connectivity index (χ3v) is 3.77. The number of halogens is 2. The SMILES string of the molecule is O=C(CCc1ccncc1)NCC(O)c1ccc(Cl)cc1Cl. The van der Waals surface area contributed by atoms with Crippen LogP contribution < -0.4 is 5.32 Å². The third-order valence-electron chi connectivity index (χ3n) is 3.20. The van der Waals surface area contributed by atoms with Crippen LogP contribution in [0.5, 0.6) is 0 Å². The Hall–Kier alpha value is -1.62. The molecule has 116 valence electrons. The van der Waals surface area contributed by atoms with Crippen LogP contribution in [0.25, 0.3) is 0 Å². The molecule has 2 rings (SSSR count). The summed E-state index contributed by atoms with van der Waals surface area (Å²) in [6.07, 6.45) is 3.51. The Balaban J connectivity index is 1.80. The highest BCUT2D eigenvalue weighted by atomic mass is 35.5. The molecule has 0 radical (unpaired) electrons. The molecule has 0 aliphatic carbocycles. The Kier molecular flexibility index (Phi) is 6.19.